The number of carbonyl (C=O) groups is 1. The summed E-state index contributed by atoms with van der Waals surface area (Å²) in [6.07, 6.45) is 4.53. The van der Waals surface area contributed by atoms with Gasteiger partial charge in [-0.1, -0.05) is 19.1 Å². The van der Waals surface area contributed by atoms with Gasteiger partial charge in [-0.3, -0.25) is 9.48 Å². The lowest BCUT2D eigenvalue weighted by Gasteiger charge is -2.04. The summed E-state index contributed by atoms with van der Waals surface area (Å²) in [4.78, 5) is 12.2. The second-order valence-corrected chi connectivity index (χ2v) is 4.97. The van der Waals surface area contributed by atoms with Crippen molar-refractivity contribution < 1.29 is 9.21 Å². The Morgan fingerprint density at radius 3 is 2.73 bits per heavy atom. The van der Waals surface area contributed by atoms with Crippen LogP contribution in [0.25, 0.3) is 0 Å². The minimum Gasteiger partial charge on any atom is -0.454 e. The Morgan fingerprint density at radius 1 is 1.23 bits per heavy atom. The third kappa shape index (κ3) is 3.25. The number of hydrogen-bond donors (Lipinski definition) is 1. The van der Waals surface area contributed by atoms with Gasteiger partial charge < -0.3 is 9.73 Å². The third-order valence-electron chi connectivity index (χ3n) is 3.38. The number of rotatable bonds is 5. The van der Waals surface area contributed by atoms with Crippen LogP contribution in [0.3, 0.4) is 0 Å². The van der Waals surface area contributed by atoms with Crippen molar-refractivity contribution in [2.45, 2.75) is 19.9 Å². The van der Waals surface area contributed by atoms with Crippen LogP contribution in [0.4, 0.5) is 5.69 Å². The van der Waals surface area contributed by atoms with Crippen molar-refractivity contribution in [1.82, 2.24) is 9.78 Å². The fourth-order valence-corrected chi connectivity index (χ4v) is 2.16. The molecule has 3 rings (SSSR count). The molecule has 2 aromatic heterocycles. The van der Waals surface area contributed by atoms with E-state index in [0.29, 0.717) is 18.1 Å². The topological polar surface area (TPSA) is 60.1 Å². The van der Waals surface area contributed by atoms with Crippen LogP contribution in [0.15, 0.2) is 59.3 Å². The van der Waals surface area contributed by atoms with Gasteiger partial charge in [0.25, 0.3) is 5.91 Å². The van der Waals surface area contributed by atoms with Crippen molar-refractivity contribution in [2.75, 3.05) is 5.32 Å². The van der Waals surface area contributed by atoms with Crippen LogP contribution in [0.5, 0.6) is 0 Å². The zero-order valence-electron chi connectivity index (χ0n) is 12.3. The molecule has 0 saturated carbocycles. The maximum atomic E-state index is 12.2. The molecule has 22 heavy (non-hydrogen) atoms. The monoisotopic (exact) mass is 295 g/mol. The number of anilines is 1. The normalized spacial score (nSPS) is 10.6. The molecule has 2 heterocycles. The Kier molecular flexibility index (Phi) is 4.05. The number of carbonyl (C=O) groups excluding carboxylic acids is 1. The second kappa shape index (κ2) is 6.30. The van der Waals surface area contributed by atoms with Crippen molar-refractivity contribution in [3.05, 3.63) is 71.9 Å². The summed E-state index contributed by atoms with van der Waals surface area (Å²) in [7, 11) is 0. The second-order valence-electron chi connectivity index (χ2n) is 4.97. The van der Waals surface area contributed by atoms with Crippen LogP contribution in [0.2, 0.25) is 0 Å². The zero-order valence-corrected chi connectivity index (χ0v) is 12.3. The molecule has 0 spiro atoms. The number of benzene rings is 1. The highest BCUT2D eigenvalue weighted by Crippen LogP contribution is 2.14. The van der Waals surface area contributed by atoms with Crippen molar-refractivity contribution in [2.24, 2.45) is 0 Å². The average molecular weight is 295 g/mol. The minimum absolute atomic E-state index is 0.254. The number of aromatic nitrogens is 2. The van der Waals surface area contributed by atoms with Gasteiger partial charge in [-0.15, -0.1) is 0 Å². The molecule has 1 N–H and O–H groups in total. The van der Waals surface area contributed by atoms with E-state index in [4.69, 9.17) is 4.42 Å². The first-order chi connectivity index (χ1) is 10.7. The minimum atomic E-state index is -0.254. The van der Waals surface area contributed by atoms with Crippen LogP contribution in [0, 0.1) is 0 Å². The SMILES string of the molecule is CCc1ccc(NC(=O)c2ccc(Cn3cccn3)o2)cc1. The fourth-order valence-electron chi connectivity index (χ4n) is 2.16. The predicted molar refractivity (Wildman–Crippen MR) is 83.8 cm³/mol. The quantitative estimate of drug-likeness (QED) is 0.785. The van der Waals surface area contributed by atoms with E-state index in [1.165, 1.54) is 5.56 Å². The summed E-state index contributed by atoms with van der Waals surface area (Å²) in [6, 6.07) is 13.1. The summed E-state index contributed by atoms with van der Waals surface area (Å²) in [5.41, 5.74) is 1.99. The van der Waals surface area contributed by atoms with Gasteiger partial charge in [-0.2, -0.15) is 5.10 Å². The van der Waals surface area contributed by atoms with Crippen LogP contribution >= 0.6 is 0 Å². The molecule has 1 amide bonds. The van der Waals surface area contributed by atoms with Crippen molar-refractivity contribution in [3.63, 3.8) is 0 Å². The first kappa shape index (κ1) is 14.1. The summed E-state index contributed by atoms with van der Waals surface area (Å²) >= 11 is 0. The third-order valence-corrected chi connectivity index (χ3v) is 3.38. The molecule has 5 nitrogen and oxygen atoms in total. The van der Waals surface area contributed by atoms with Gasteiger partial charge in [0.05, 0.1) is 6.54 Å². The maximum Gasteiger partial charge on any atom is 0.291 e. The van der Waals surface area contributed by atoms with Crippen LogP contribution in [0.1, 0.15) is 28.8 Å². The Labute approximate surface area is 128 Å². The van der Waals surface area contributed by atoms with Crippen LogP contribution < -0.4 is 5.32 Å². The predicted octanol–water partition coefficient (Wildman–Crippen LogP) is 3.34. The van der Waals surface area contributed by atoms with Gasteiger partial charge >= 0.3 is 0 Å². The lowest BCUT2D eigenvalue weighted by Crippen LogP contribution is -2.10. The molecule has 0 atom stereocenters. The first-order valence-corrected chi connectivity index (χ1v) is 7.21. The van der Waals surface area contributed by atoms with Crippen LogP contribution in [-0.4, -0.2) is 15.7 Å². The van der Waals surface area contributed by atoms with Gasteiger partial charge in [0.2, 0.25) is 0 Å². The molecule has 0 unspecified atom stereocenters. The molecule has 0 fully saturated rings. The van der Waals surface area contributed by atoms with E-state index >= 15 is 0 Å². The van der Waals surface area contributed by atoms with Crippen molar-refractivity contribution in [1.29, 1.82) is 0 Å². The maximum absolute atomic E-state index is 12.2. The number of hydrogen-bond acceptors (Lipinski definition) is 3. The summed E-state index contributed by atoms with van der Waals surface area (Å²) < 4.78 is 7.30. The largest absolute Gasteiger partial charge is 0.454 e. The molecular formula is C17H17N3O2. The van der Waals surface area contributed by atoms with E-state index in [9.17, 15) is 4.79 Å². The molecule has 1 aromatic carbocycles. The molecule has 5 heteroatoms. The van der Waals surface area contributed by atoms with Gasteiger partial charge in [0, 0.05) is 18.1 Å². The molecule has 0 aliphatic rings. The zero-order chi connectivity index (χ0) is 15.4. The fraction of sp³-hybridized carbons (Fsp3) is 0.176. The average Bonchev–Trinajstić information content (AvgIpc) is 3.20. The molecule has 0 saturated heterocycles. The molecule has 3 aromatic rings. The Morgan fingerprint density at radius 2 is 2.05 bits per heavy atom. The highest BCUT2D eigenvalue weighted by molar-refractivity contribution is 6.02. The van der Waals surface area contributed by atoms with E-state index in [1.54, 1.807) is 23.0 Å². The van der Waals surface area contributed by atoms with Gasteiger partial charge in [-0.25, -0.2) is 0 Å². The number of nitrogens with one attached hydrogen (secondary N) is 1. The first-order valence-electron chi connectivity index (χ1n) is 7.21. The van der Waals surface area contributed by atoms with Gasteiger partial charge in [-0.05, 0) is 42.3 Å². The van der Waals surface area contributed by atoms with Crippen LogP contribution in [-0.2, 0) is 13.0 Å². The van der Waals surface area contributed by atoms with E-state index in [1.807, 2.05) is 36.5 Å². The molecule has 0 radical (unpaired) electrons. The van der Waals surface area contributed by atoms with Gasteiger partial charge in [0.1, 0.15) is 5.76 Å². The van der Waals surface area contributed by atoms with E-state index < -0.39 is 0 Å². The lowest BCUT2D eigenvalue weighted by atomic mass is 10.1. The molecule has 0 aliphatic carbocycles. The molecular weight excluding hydrogens is 278 g/mol. The van der Waals surface area contributed by atoms with E-state index in [0.717, 1.165) is 12.1 Å². The van der Waals surface area contributed by atoms with Crippen molar-refractivity contribution in [3.8, 4) is 0 Å². The molecule has 0 bridgehead atoms. The van der Waals surface area contributed by atoms with E-state index in [-0.39, 0.29) is 5.91 Å². The smallest absolute Gasteiger partial charge is 0.291 e. The Balaban J connectivity index is 1.65. The number of nitrogens with zero attached hydrogens (tertiary/aromatic N) is 2. The van der Waals surface area contributed by atoms with E-state index in [2.05, 4.69) is 17.3 Å². The Bertz CT molecular complexity index is 743. The highest BCUT2D eigenvalue weighted by Gasteiger charge is 2.11. The summed E-state index contributed by atoms with van der Waals surface area (Å²) in [6.45, 7) is 2.60. The molecule has 0 aliphatic heterocycles. The number of furan rings is 1. The summed E-state index contributed by atoms with van der Waals surface area (Å²) in [5.74, 6) is 0.730. The van der Waals surface area contributed by atoms with Crippen molar-refractivity contribution >= 4 is 11.6 Å². The summed E-state index contributed by atoms with van der Waals surface area (Å²) in [5, 5.41) is 6.93. The number of aryl methyl sites for hydroxylation is 1. The number of amides is 1. The van der Waals surface area contributed by atoms with Gasteiger partial charge in [0.15, 0.2) is 5.76 Å². The Hall–Kier alpha value is -2.82. The highest BCUT2D eigenvalue weighted by atomic mass is 16.4. The molecule has 112 valence electrons. The lowest BCUT2D eigenvalue weighted by molar-refractivity contribution is 0.0994. The standard InChI is InChI=1S/C17H17N3O2/c1-2-13-4-6-14(7-5-13)19-17(21)16-9-8-15(22-16)12-20-11-3-10-18-20/h3-11H,2,12H2,1H3,(H,19,21).